The van der Waals surface area contributed by atoms with Crippen LogP contribution < -0.4 is 0 Å². The number of aliphatic hydroxyl groups excluding tert-OH is 1. The summed E-state index contributed by atoms with van der Waals surface area (Å²) in [6.07, 6.45) is -0.569. The van der Waals surface area contributed by atoms with Crippen molar-refractivity contribution in [1.82, 2.24) is 4.90 Å². The zero-order valence-corrected chi connectivity index (χ0v) is 13.9. The lowest BCUT2D eigenvalue weighted by Gasteiger charge is -2.37. The number of benzene rings is 2. The molecule has 1 saturated heterocycles. The van der Waals surface area contributed by atoms with E-state index in [0.717, 1.165) is 24.2 Å². The molecule has 128 valence electrons. The van der Waals surface area contributed by atoms with Crippen LogP contribution in [-0.4, -0.2) is 49.0 Å². The summed E-state index contributed by atoms with van der Waals surface area (Å²) in [7, 11) is 0. The van der Waals surface area contributed by atoms with Crippen molar-refractivity contribution in [2.45, 2.75) is 18.8 Å². The first kappa shape index (κ1) is 17.1. The summed E-state index contributed by atoms with van der Waals surface area (Å²) in [5.41, 5.74) is 2.07. The van der Waals surface area contributed by atoms with Gasteiger partial charge in [0.05, 0.1) is 38.6 Å². The van der Waals surface area contributed by atoms with Crippen LogP contribution in [0.15, 0.2) is 60.7 Å². The van der Waals surface area contributed by atoms with Crippen LogP contribution in [0.25, 0.3) is 0 Å². The molecule has 0 unspecified atom stereocenters. The van der Waals surface area contributed by atoms with Crippen molar-refractivity contribution in [3.63, 3.8) is 0 Å². The van der Waals surface area contributed by atoms with Crippen LogP contribution in [0.4, 0.5) is 0 Å². The van der Waals surface area contributed by atoms with Gasteiger partial charge in [-0.2, -0.15) is 0 Å². The molecule has 2 atom stereocenters. The Labute approximate surface area is 143 Å². The Morgan fingerprint density at radius 2 is 1.58 bits per heavy atom. The number of ether oxygens (including phenoxy) is 2. The van der Waals surface area contributed by atoms with E-state index in [1.807, 2.05) is 48.5 Å². The average Bonchev–Trinajstić information content (AvgIpc) is 2.67. The minimum absolute atomic E-state index is 0.0694. The molecule has 0 spiro atoms. The smallest absolute Gasteiger partial charge is 0.0967 e. The van der Waals surface area contributed by atoms with E-state index < -0.39 is 6.10 Å². The van der Waals surface area contributed by atoms with Crippen LogP contribution in [-0.2, 0) is 16.1 Å². The van der Waals surface area contributed by atoms with Crippen LogP contribution in [0.1, 0.15) is 17.2 Å². The number of hydrogen-bond donors (Lipinski definition) is 1. The molecule has 0 radical (unpaired) electrons. The van der Waals surface area contributed by atoms with Crippen molar-refractivity contribution in [3.8, 4) is 0 Å². The minimum Gasteiger partial charge on any atom is -0.387 e. The molecule has 0 amide bonds. The Hall–Kier alpha value is -1.72. The van der Waals surface area contributed by atoms with Crippen molar-refractivity contribution in [1.29, 1.82) is 0 Å². The summed E-state index contributed by atoms with van der Waals surface area (Å²) in [4.78, 5) is 2.27. The first-order valence-corrected chi connectivity index (χ1v) is 8.51. The summed E-state index contributed by atoms with van der Waals surface area (Å²) in [5.74, 6) is 0. The predicted octanol–water partition coefficient (Wildman–Crippen LogP) is 2.64. The fourth-order valence-corrected chi connectivity index (χ4v) is 3.05. The zero-order chi connectivity index (χ0) is 16.6. The van der Waals surface area contributed by atoms with Gasteiger partial charge < -0.3 is 14.6 Å². The lowest BCUT2D eigenvalue weighted by molar-refractivity contribution is -0.0559. The predicted molar refractivity (Wildman–Crippen MR) is 93.7 cm³/mol. The van der Waals surface area contributed by atoms with E-state index in [9.17, 15) is 5.11 Å². The van der Waals surface area contributed by atoms with Crippen LogP contribution >= 0.6 is 0 Å². The molecule has 1 aliphatic heterocycles. The lowest BCUT2D eigenvalue weighted by atomic mass is 10.0. The highest BCUT2D eigenvalue weighted by atomic mass is 16.5. The van der Waals surface area contributed by atoms with Crippen molar-refractivity contribution >= 4 is 0 Å². The van der Waals surface area contributed by atoms with Gasteiger partial charge in [0.2, 0.25) is 0 Å². The summed E-state index contributed by atoms with van der Waals surface area (Å²) in [5, 5.41) is 10.9. The Kier molecular flexibility index (Phi) is 6.38. The van der Waals surface area contributed by atoms with Crippen molar-refractivity contribution in [2.75, 3.05) is 32.9 Å². The van der Waals surface area contributed by atoms with Crippen LogP contribution in [0, 0.1) is 0 Å². The molecule has 1 aliphatic rings. The third kappa shape index (κ3) is 4.65. The number of morpholine rings is 1. The Morgan fingerprint density at radius 1 is 0.958 bits per heavy atom. The van der Waals surface area contributed by atoms with E-state index in [1.54, 1.807) is 0 Å². The summed E-state index contributed by atoms with van der Waals surface area (Å²) >= 11 is 0. The number of aliphatic hydroxyl groups is 1. The van der Waals surface area contributed by atoms with E-state index in [-0.39, 0.29) is 6.04 Å². The van der Waals surface area contributed by atoms with Gasteiger partial charge in [-0.15, -0.1) is 0 Å². The molecule has 1 fully saturated rings. The molecule has 0 saturated carbocycles. The molecule has 24 heavy (non-hydrogen) atoms. The first-order chi connectivity index (χ1) is 11.8. The number of rotatable bonds is 7. The monoisotopic (exact) mass is 327 g/mol. The number of hydrogen-bond acceptors (Lipinski definition) is 4. The van der Waals surface area contributed by atoms with Gasteiger partial charge in [-0.25, -0.2) is 0 Å². The topological polar surface area (TPSA) is 41.9 Å². The molecule has 2 aromatic carbocycles. The Morgan fingerprint density at radius 3 is 2.25 bits per heavy atom. The van der Waals surface area contributed by atoms with Gasteiger partial charge >= 0.3 is 0 Å². The fourth-order valence-electron chi connectivity index (χ4n) is 3.05. The minimum atomic E-state index is -0.569. The molecule has 4 nitrogen and oxygen atoms in total. The maximum Gasteiger partial charge on any atom is 0.0967 e. The summed E-state index contributed by atoms with van der Waals surface area (Å²) in [6.45, 7) is 4.11. The maximum absolute atomic E-state index is 10.9. The van der Waals surface area contributed by atoms with Crippen molar-refractivity contribution in [2.24, 2.45) is 0 Å². The highest BCUT2D eigenvalue weighted by Crippen LogP contribution is 2.22. The van der Waals surface area contributed by atoms with Crippen molar-refractivity contribution < 1.29 is 14.6 Å². The van der Waals surface area contributed by atoms with Gasteiger partial charge in [0.1, 0.15) is 0 Å². The second-order valence-corrected chi connectivity index (χ2v) is 6.07. The number of nitrogens with zero attached hydrogens (tertiary/aromatic N) is 1. The van der Waals surface area contributed by atoms with E-state index in [1.165, 1.54) is 0 Å². The molecule has 0 aromatic heterocycles. The van der Waals surface area contributed by atoms with E-state index >= 15 is 0 Å². The molecule has 0 aliphatic carbocycles. The maximum atomic E-state index is 10.9. The molecular formula is C20H25NO3. The van der Waals surface area contributed by atoms with Gasteiger partial charge in [-0.05, 0) is 11.1 Å². The molecule has 1 heterocycles. The van der Waals surface area contributed by atoms with Crippen LogP contribution in [0.5, 0.6) is 0 Å². The average molecular weight is 327 g/mol. The van der Waals surface area contributed by atoms with E-state index in [4.69, 9.17) is 9.47 Å². The highest BCUT2D eigenvalue weighted by Gasteiger charge is 2.28. The fraction of sp³-hybridized carbons (Fsp3) is 0.400. The normalized spacial score (nSPS) is 18.2. The van der Waals surface area contributed by atoms with Gasteiger partial charge in [-0.3, -0.25) is 4.90 Å². The zero-order valence-electron chi connectivity index (χ0n) is 13.9. The SMILES string of the molecule is O[C@@H](c1ccccc1)[C@H](COCc1ccccc1)N1CCOCC1. The standard InChI is InChI=1S/C20H25NO3/c22-20(18-9-5-2-6-10-18)19(21-11-13-23-14-12-21)16-24-15-17-7-3-1-4-8-17/h1-10,19-20,22H,11-16H2/t19-,20-/m0/s1. The Bertz CT molecular complexity index is 584. The Balaban J connectivity index is 1.65. The second kappa shape index (κ2) is 8.94. The van der Waals surface area contributed by atoms with Crippen molar-refractivity contribution in [3.05, 3.63) is 71.8 Å². The molecule has 1 N–H and O–H groups in total. The first-order valence-electron chi connectivity index (χ1n) is 8.51. The third-order valence-electron chi connectivity index (χ3n) is 4.42. The van der Waals surface area contributed by atoms with Crippen LogP contribution in [0.3, 0.4) is 0 Å². The molecule has 3 rings (SSSR count). The summed E-state index contributed by atoms with van der Waals surface area (Å²) < 4.78 is 11.4. The molecule has 0 bridgehead atoms. The van der Waals surface area contributed by atoms with Gasteiger partial charge in [-0.1, -0.05) is 60.7 Å². The highest BCUT2D eigenvalue weighted by molar-refractivity contribution is 5.19. The third-order valence-corrected chi connectivity index (χ3v) is 4.42. The molecular weight excluding hydrogens is 302 g/mol. The largest absolute Gasteiger partial charge is 0.387 e. The second-order valence-electron chi connectivity index (χ2n) is 6.07. The molecule has 4 heteroatoms. The summed E-state index contributed by atoms with van der Waals surface area (Å²) in [6, 6.07) is 19.9. The van der Waals surface area contributed by atoms with E-state index in [0.29, 0.717) is 26.4 Å². The van der Waals surface area contributed by atoms with Gasteiger partial charge in [0.25, 0.3) is 0 Å². The quantitative estimate of drug-likeness (QED) is 0.849. The van der Waals surface area contributed by atoms with Gasteiger partial charge in [0, 0.05) is 13.1 Å². The lowest BCUT2D eigenvalue weighted by Crippen LogP contribution is -2.48. The van der Waals surface area contributed by atoms with Crippen LogP contribution in [0.2, 0.25) is 0 Å². The van der Waals surface area contributed by atoms with E-state index in [2.05, 4.69) is 17.0 Å². The molecule has 2 aromatic rings. The van der Waals surface area contributed by atoms with Gasteiger partial charge in [0.15, 0.2) is 0 Å².